The van der Waals surface area contributed by atoms with Crippen LogP contribution in [0.3, 0.4) is 0 Å². The molecule has 2 rings (SSSR count). The van der Waals surface area contributed by atoms with Gasteiger partial charge in [0, 0.05) is 16.5 Å². The van der Waals surface area contributed by atoms with Crippen LogP contribution >= 0.6 is 22.6 Å². The molecule has 136 valence electrons. The molecule has 1 heterocycles. The minimum Gasteiger partial charge on any atom is -0.298 e. The summed E-state index contributed by atoms with van der Waals surface area (Å²) in [5, 5.41) is 4.54. The Morgan fingerprint density at radius 3 is 2.54 bits per heavy atom. The second-order valence-corrected chi connectivity index (χ2v) is 7.97. The molecule has 5 nitrogen and oxygen atoms in total. The fourth-order valence-electron chi connectivity index (χ4n) is 2.50. The molecule has 0 aliphatic heterocycles. The van der Waals surface area contributed by atoms with Crippen molar-refractivity contribution >= 4 is 47.3 Å². The van der Waals surface area contributed by atoms with Crippen LogP contribution < -0.4 is 5.01 Å². The van der Waals surface area contributed by atoms with Crippen LogP contribution in [0.25, 0.3) is 0 Å². The molecule has 0 aliphatic carbocycles. The zero-order valence-corrected chi connectivity index (χ0v) is 17.2. The van der Waals surface area contributed by atoms with E-state index in [1.165, 1.54) is 12.3 Å². The third-order valence-corrected chi connectivity index (χ3v) is 4.88. The summed E-state index contributed by atoms with van der Waals surface area (Å²) in [6.45, 7) is 10.9. The Morgan fingerprint density at radius 1 is 1.38 bits per heavy atom. The Bertz CT molecular complexity index is 868. The van der Waals surface area contributed by atoms with E-state index in [2.05, 4.69) is 16.8 Å². The predicted octanol–water partition coefficient (Wildman–Crippen LogP) is 4.51. The van der Waals surface area contributed by atoms with Crippen LogP contribution in [0.15, 0.2) is 29.5 Å². The second-order valence-electron chi connectivity index (χ2n) is 6.81. The average Bonchev–Trinajstić information content (AvgIpc) is 2.54. The molecule has 0 fully saturated rings. The zero-order valence-electron chi connectivity index (χ0n) is 15.0. The summed E-state index contributed by atoms with van der Waals surface area (Å²) >= 11 is 1.95. The quantitative estimate of drug-likeness (QED) is 0.288. The number of amides is 1. The first kappa shape index (κ1) is 20.2. The molecule has 0 aliphatic rings. The fraction of sp³-hybridized carbons (Fsp3) is 0.263. The van der Waals surface area contributed by atoms with Gasteiger partial charge in [0.15, 0.2) is 12.1 Å². The van der Waals surface area contributed by atoms with E-state index in [1.54, 1.807) is 19.1 Å². The van der Waals surface area contributed by atoms with Gasteiger partial charge in [-0.3, -0.25) is 9.59 Å². The largest absolute Gasteiger partial charge is 0.298 e. The maximum absolute atomic E-state index is 14.8. The van der Waals surface area contributed by atoms with Gasteiger partial charge in [-0.05, 0) is 58.2 Å². The van der Waals surface area contributed by atoms with Crippen LogP contribution in [0.5, 0.6) is 0 Å². The van der Waals surface area contributed by atoms with Gasteiger partial charge >= 0.3 is 0 Å². The number of hydrogen-bond acceptors (Lipinski definition) is 4. The number of hydrazone groups is 1. The van der Waals surface area contributed by atoms with Gasteiger partial charge in [0.2, 0.25) is 0 Å². The lowest BCUT2D eigenvalue weighted by atomic mass is 9.85. The van der Waals surface area contributed by atoms with Gasteiger partial charge in [0.1, 0.15) is 5.82 Å². The predicted molar refractivity (Wildman–Crippen MR) is 109 cm³/mol. The molecule has 0 radical (unpaired) electrons. The molecule has 0 bridgehead atoms. The van der Waals surface area contributed by atoms with Gasteiger partial charge in [-0.25, -0.2) is 9.37 Å². The molecule has 0 saturated heterocycles. The summed E-state index contributed by atoms with van der Waals surface area (Å²) in [6, 6.07) is 4.76. The SMILES string of the molecule is C=NN(C(=O)c1c(C)cc(C(C)(C)C)cc1F)c1nccc(I)c1C=O. The van der Waals surface area contributed by atoms with E-state index in [-0.39, 0.29) is 22.4 Å². The number of benzene rings is 1. The third kappa shape index (κ3) is 3.82. The van der Waals surface area contributed by atoms with Crippen molar-refractivity contribution in [3.8, 4) is 0 Å². The third-order valence-electron chi connectivity index (χ3n) is 3.94. The molecule has 26 heavy (non-hydrogen) atoms. The van der Waals surface area contributed by atoms with Gasteiger partial charge in [0.05, 0.1) is 11.1 Å². The molecule has 0 spiro atoms. The molecule has 0 unspecified atom stereocenters. The standard InChI is InChI=1S/C19H19FIN3O2/c1-11-8-12(19(2,3)4)9-14(20)16(11)18(26)24(22-5)17-13(10-25)15(21)6-7-23-17/h6-10H,5H2,1-4H3. The summed E-state index contributed by atoms with van der Waals surface area (Å²) in [6.07, 6.45) is 2.03. The van der Waals surface area contributed by atoms with Crippen molar-refractivity contribution in [2.75, 3.05) is 5.01 Å². The Hall–Kier alpha value is -2.16. The van der Waals surface area contributed by atoms with E-state index >= 15 is 0 Å². The number of rotatable bonds is 4. The number of aldehydes is 1. The van der Waals surface area contributed by atoms with Crippen molar-refractivity contribution < 1.29 is 14.0 Å². The smallest absolute Gasteiger partial charge is 0.283 e. The number of hydrogen-bond donors (Lipinski definition) is 0. The molecular formula is C19H19FIN3O2. The molecule has 1 aromatic heterocycles. The van der Waals surface area contributed by atoms with Gasteiger partial charge in [-0.2, -0.15) is 10.1 Å². The summed E-state index contributed by atoms with van der Waals surface area (Å²) in [5.74, 6) is -1.36. The number of pyridine rings is 1. The fourth-order valence-corrected chi connectivity index (χ4v) is 3.03. The van der Waals surface area contributed by atoms with E-state index in [9.17, 15) is 14.0 Å². The van der Waals surface area contributed by atoms with E-state index in [4.69, 9.17) is 0 Å². The summed E-state index contributed by atoms with van der Waals surface area (Å²) < 4.78 is 15.4. The Balaban J connectivity index is 2.59. The number of halogens is 2. The van der Waals surface area contributed by atoms with Crippen LogP contribution in [0.4, 0.5) is 10.2 Å². The number of carbonyl (C=O) groups excluding carboxylic acids is 2. The van der Waals surface area contributed by atoms with Crippen LogP contribution in [0.2, 0.25) is 0 Å². The lowest BCUT2D eigenvalue weighted by Gasteiger charge is -2.23. The van der Waals surface area contributed by atoms with Crippen molar-refractivity contribution in [3.05, 3.63) is 56.0 Å². The first-order chi connectivity index (χ1) is 12.1. The highest BCUT2D eigenvalue weighted by Gasteiger charge is 2.27. The maximum Gasteiger partial charge on any atom is 0.283 e. The molecule has 0 atom stereocenters. The summed E-state index contributed by atoms with van der Waals surface area (Å²) in [5.41, 5.74) is 1.07. The highest BCUT2D eigenvalue weighted by molar-refractivity contribution is 14.1. The molecule has 2 aromatic rings. The number of anilines is 1. The van der Waals surface area contributed by atoms with Crippen molar-refractivity contribution in [1.82, 2.24) is 4.98 Å². The van der Waals surface area contributed by atoms with Crippen molar-refractivity contribution in [3.63, 3.8) is 0 Å². The number of nitrogens with zero attached hydrogens (tertiary/aromatic N) is 3. The van der Waals surface area contributed by atoms with Crippen LogP contribution in [-0.2, 0) is 5.41 Å². The minimum absolute atomic E-state index is 0.0191. The zero-order chi connectivity index (χ0) is 19.6. The van der Waals surface area contributed by atoms with Crippen molar-refractivity contribution in [1.29, 1.82) is 0 Å². The molecule has 1 amide bonds. The molecular weight excluding hydrogens is 448 g/mol. The molecule has 7 heteroatoms. The van der Waals surface area contributed by atoms with E-state index in [0.29, 0.717) is 15.4 Å². The minimum atomic E-state index is -0.729. The highest BCUT2D eigenvalue weighted by atomic mass is 127. The number of aryl methyl sites for hydroxylation is 1. The maximum atomic E-state index is 14.8. The monoisotopic (exact) mass is 467 g/mol. The lowest BCUT2D eigenvalue weighted by molar-refractivity contribution is 0.0982. The first-order valence-corrected chi connectivity index (χ1v) is 8.91. The van der Waals surface area contributed by atoms with Crippen LogP contribution in [0.1, 0.15) is 52.6 Å². The van der Waals surface area contributed by atoms with E-state index in [0.717, 1.165) is 10.6 Å². The Morgan fingerprint density at radius 2 is 2.04 bits per heavy atom. The Kier molecular flexibility index (Phi) is 5.90. The van der Waals surface area contributed by atoms with Crippen molar-refractivity contribution in [2.45, 2.75) is 33.1 Å². The van der Waals surface area contributed by atoms with E-state index in [1.807, 2.05) is 43.4 Å². The topological polar surface area (TPSA) is 62.6 Å². The molecule has 1 aromatic carbocycles. The van der Waals surface area contributed by atoms with Crippen LogP contribution in [-0.4, -0.2) is 23.9 Å². The average molecular weight is 467 g/mol. The lowest BCUT2D eigenvalue weighted by Crippen LogP contribution is -2.29. The highest BCUT2D eigenvalue weighted by Crippen LogP contribution is 2.29. The van der Waals surface area contributed by atoms with Gasteiger partial charge < -0.3 is 0 Å². The number of aromatic nitrogens is 1. The normalized spacial score (nSPS) is 11.2. The van der Waals surface area contributed by atoms with Gasteiger partial charge in [0.25, 0.3) is 5.91 Å². The Labute approximate surface area is 165 Å². The molecule has 0 N–H and O–H groups in total. The van der Waals surface area contributed by atoms with Gasteiger partial charge in [-0.1, -0.05) is 26.8 Å². The second kappa shape index (κ2) is 7.61. The van der Waals surface area contributed by atoms with Crippen molar-refractivity contribution in [2.24, 2.45) is 5.10 Å². The summed E-state index contributed by atoms with van der Waals surface area (Å²) in [7, 11) is 0. The molecule has 0 saturated carbocycles. The van der Waals surface area contributed by atoms with Crippen LogP contribution in [0, 0.1) is 16.3 Å². The number of carbonyl (C=O) groups is 2. The van der Waals surface area contributed by atoms with Gasteiger partial charge in [-0.15, -0.1) is 0 Å². The van der Waals surface area contributed by atoms with E-state index < -0.39 is 11.7 Å². The summed E-state index contributed by atoms with van der Waals surface area (Å²) in [4.78, 5) is 28.4. The first-order valence-electron chi connectivity index (χ1n) is 7.83.